The van der Waals surface area contributed by atoms with Crippen LogP contribution in [0.2, 0.25) is 0 Å². The maximum Gasteiger partial charge on any atom is 0.240 e. The highest BCUT2D eigenvalue weighted by Gasteiger charge is 2.15. The van der Waals surface area contributed by atoms with Gasteiger partial charge in [-0.1, -0.05) is 29.8 Å². The Kier molecular flexibility index (Phi) is 4.72. The molecule has 0 aliphatic heterocycles. The van der Waals surface area contributed by atoms with E-state index in [1.165, 1.54) is 12.1 Å². The van der Waals surface area contributed by atoms with E-state index >= 15 is 0 Å². The van der Waals surface area contributed by atoms with Gasteiger partial charge in [0.05, 0.1) is 4.90 Å². The van der Waals surface area contributed by atoms with E-state index < -0.39 is 15.8 Å². The van der Waals surface area contributed by atoms with E-state index in [0.29, 0.717) is 0 Å². The smallest absolute Gasteiger partial charge is 0.240 e. The van der Waals surface area contributed by atoms with Gasteiger partial charge in [-0.05, 0) is 30.7 Å². The van der Waals surface area contributed by atoms with Crippen LogP contribution >= 0.6 is 0 Å². The number of hydrogen-bond donors (Lipinski definition) is 2. The lowest BCUT2D eigenvalue weighted by Gasteiger charge is -2.09. The summed E-state index contributed by atoms with van der Waals surface area (Å²) in [4.78, 5) is 0.0111. The van der Waals surface area contributed by atoms with E-state index in [1.807, 2.05) is 31.2 Å². The summed E-state index contributed by atoms with van der Waals surface area (Å²) in [5.41, 5.74) is 7.48. The quantitative estimate of drug-likeness (QED) is 0.888. The lowest BCUT2D eigenvalue weighted by molar-refractivity contribution is 0.579. The van der Waals surface area contributed by atoms with Gasteiger partial charge in [0.15, 0.2) is 0 Å². The number of aryl methyl sites for hydroxylation is 1. The second-order valence-electron chi connectivity index (χ2n) is 4.77. The molecule has 0 bridgehead atoms. The van der Waals surface area contributed by atoms with Gasteiger partial charge in [-0.2, -0.15) is 0 Å². The molecule has 0 aliphatic carbocycles. The first-order valence-corrected chi connectivity index (χ1v) is 7.94. The topological polar surface area (TPSA) is 72.2 Å². The maximum absolute atomic E-state index is 13.4. The van der Waals surface area contributed by atoms with Gasteiger partial charge in [0.25, 0.3) is 0 Å². The molecule has 2 aromatic carbocycles. The third-order valence-corrected chi connectivity index (χ3v) is 4.50. The van der Waals surface area contributed by atoms with Crippen molar-refractivity contribution in [1.82, 2.24) is 4.72 Å². The summed E-state index contributed by atoms with van der Waals surface area (Å²) in [7, 11) is -3.69. The zero-order valence-electron chi connectivity index (χ0n) is 11.6. The molecule has 0 radical (unpaired) electrons. The van der Waals surface area contributed by atoms with Gasteiger partial charge in [-0.3, -0.25) is 0 Å². The van der Waals surface area contributed by atoms with Gasteiger partial charge in [0, 0.05) is 18.7 Å². The highest BCUT2D eigenvalue weighted by Crippen LogP contribution is 2.15. The third-order valence-electron chi connectivity index (χ3n) is 3.10. The van der Waals surface area contributed by atoms with E-state index in [-0.39, 0.29) is 23.5 Å². The van der Waals surface area contributed by atoms with Gasteiger partial charge in [-0.25, -0.2) is 17.5 Å². The summed E-state index contributed by atoms with van der Waals surface area (Å²) in [6.07, 6.45) is 0. The first-order chi connectivity index (χ1) is 9.92. The SMILES string of the molecule is Cc1cccc(CNS(=O)(=O)c2ccc(F)c(CN)c2)c1. The fourth-order valence-corrected chi connectivity index (χ4v) is 3.03. The minimum Gasteiger partial charge on any atom is -0.326 e. The van der Waals surface area contributed by atoms with E-state index in [1.54, 1.807) is 0 Å². The Hall–Kier alpha value is -1.76. The standard InChI is InChI=1S/C15H17FN2O2S/c1-11-3-2-4-12(7-11)10-18-21(19,20)14-5-6-15(16)13(8-14)9-17/h2-8,18H,9-10,17H2,1H3. The average molecular weight is 308 g/mol. The first-order valence-electron chi connectivity index (χ1n) is 6.46. The number of benzene rings is 2. The van der Waals surface area contributed by atoms with Crippen LogP contribution < -0.4 is 10.5 Å². The summed E-state index contributed by atoms with van der Waals surface area (Å²) in [6, 6.07) is 11.1. The molecule has 0 atom stereocenters. The van der Waals surface area contributed by atoms with E-state index in [2.05, 4.69) is 4.72 Å². The Labute approximate surface area is 123 Å². The van der Waals surface area contributed by atoms with Gasteiger partial charge in [0.1, 0.15) is 5.82 Å². The summed E-state index contributed by atoms with van der Waals surface area (Å²) in [5, 5.41) is 0. The summed E-state index contributed by atoms with van der Waals surface area (Å²) in [6.45, 7) is 2.07. The van der Waals surface area contributed by atoms with Crippen LogP contribution in [-0.4, -0.2) is 8.42 Å². The van der Waals surface area contributed by atoms with Gasteiger partial charge >= 0.3 is 0 Å². The zero-order valence-corrected chi connectivity index (χ0v) is 12.5. The second-order valence-corrected chi connectivity index (χ2v) is 6.54. The van der Waals surface area contributed by atoms with Gasteiger partial charge in [0.2, 0.25) is 10.0 Å². The summed E-state index contributed by atoms with van der Waals surface area (Å²) < 4.78 is 40.2. The maximum atomic E-state index is 13.4. The molecule has 3 N–H and O–H groups in total. The van der Waals surface area contributed by atoms with Crippen LogP contribution in [0, 0.1) is 12.7 Å². The summed E-state index contributed by atoms with van der Waals surface area (Å²) in [5.74, 6) is -0.505. The molecule has 21 heavy (non-hydrogen) atoms. The Morgan fingerprint density at radius 3 is 2.62 bits per heavy atom. The van der Waals surface area contributed by atoms with Crippen LogP contribution in [0.1, 0.15) is 16.7 Å². The summed E-state index contributed by atoms with van der Waals surface area (Å²) >= 11 is 0. The monoisotopic (exact) mass is 308 g/mol. The van der Waals surface area contributed by atoms with Gasteiger partial charge < -0.3 is 5.73 Å². The molecule has 0 heterocycles. The molecule has 0 spiro atoms. The molecule has 0 saturated carbocycles. The van der Waals surface area contributed by atoms with Gasteiger partial charge in [-0.15, -0.1) is 0 Å². The predicted octanol–water partition coefficient (Wildman–Crippen LogP) is 2.07. The highest BCUT2D eigenvalue weighted by molar-refractivity contribution is 7.89. The minimum absolute atomic E-state index is 0.0111. The van der Waals surface area contributed by atoms with Crippen molar-refractivity contribution in [2.75, 3.05) is 0 Å². The van der Waals surface area contributed by atoms with Crippen LogP contribution in [0.25, 0.3) is 0 Å². The van der Waals surface area contributed by atoms with Crippen molar-refractivity contribution in [3.63, 3.8) is 0 Å². The number of hydrogen-bond acceptors (Lipinski definition) is 3. The third kappa shape index (κ3) is 3.87. The van der Waals surface area contributed by atoms with Crippen molar-refractivity contribution in [3.8, 4) is 0 Å². The molecule has 2 rings (SSSR count). The fourth-order valence-electron chi connectivity index (χ4n) is 1.96. The molecule has 0 unspecified atom stereocenters. The molecule has 6 heteroatoms. The lowest BCUT2D eigenvalue weighted by Crippen LogP contribution is -2.23. The Bertz CT molecular complexity index is 745. The highest BCUT2D eigenvalue weighted by atomic mass is 32.2. The first kappa shape index (κ1) is 15.6. The van der Waals surface area contributed by atoms with Crippen molar-refractivity contribution in [3.05, 3.63) is 65.0 Å². The predicted molar refractivity (Wildman–Crippen MR) is 79.5 cm³/mol. The molecular formula is C15H17FN2O2S. The van der Waals surface area contributed by atoms with Crippen molar-refractivity contribution in [1.29, 1.82) is 0 Å². The number of halogens is 1. The lowest BCUT2D eigenvalue weighted by atomic mass is 10.1. The minimum atomic E-state index is -3.69. The molecule has 2 aromatic rings. The van der Waals surface area contributed by atoms with Crippen LogP contribution in [0.15, 0.2) is 47.4 Å². The zero-order chi connectivity index (χ0) is 15.5. The Morgan fingerprint density at radius 2 is 1.95 bits per heavy atom. The molecular weight excluding hydrogens is 291 g/mol. The van der Waals surface area contributed by atoms with Crippen molar-refractivity contribution in [2.45, 2.75) is 24.9 Å². The largest absolute Gasteiger partial charge is 0.326 e. The Morgan fingerprint density at radius 1 is 1.19 bits per heavy atom. The normalized spacial score (nSPS) is 11.6. The van der Waals surface area contributed by atoms with Crippen LogP contribution in [-0.2, 0) is 23.1 Å². The fraction of sp³-hybridized carbons (Fsp3) is 0.200. The molecule has 0 amide bonds. The van der Waals surface area contributed by atoms with E-state index in [4.69, 9.17) is 5.73 Å². The van der Waals surface area contributed by atoms with Crippen LogP contribution in [0.4, 0.5) is 4.39 Å². The van der Waals surface area contributed by atoms with E-state index in [9.17, 15) is 12.8 Å². The molecule has 0 saturated heterocycles. The number of nitrogens with two attached hydrogens (primary N) is 1. The van der Waals surface area contributed by atoms with Crippen molar-refractivity contribution >= 4 is 10.0 Å². The van der Waals surface area contributed by atoms with Crippen LogP contribution in [0.5, 0.6) is 0 Å². The second kappa shape index (κ2) is 6.34. The number of nitrogens with one attached hydrogen (secondary N) is 1. The molecule has 0 aliphatic rings. The number of rotatable bonds is 5. The van der Waals surface area contributed by atoms with E-state index in [0.717, 1.165) is 17.2 Å². The molecule has 0 aromatic heterocycles. The van der Waals surface area contributed by atoms with Crippen molar-refractivity contribution in [2.24, 2.45) is 5.73 Å². The molecule has 112 valence electrons. The number of sulfonamides is 1. The van der Waals surface area contributed by atoms with Crippen molar-refractivity contribution < 1.29 is 12.8 Å². The molecule has 4 nitrogen and oxygen atoms in total. The average Bonchev–Trinajstić information content (AvgIpc) is 2.46. The Balaban J connectivity index is 2.18. The molecule has 0 fully saturated rings. The van der Waals surface area contributed by atoms with Crippen LogP contribution in [0.3, 0.4) is 0 Å².